The third-order valence-electron chi connectivity index (χ3n) is 2.25. The van der Waals surface area contributed by atoms with E-state index < -0.39 is 5.63 Å². The van der Waals surface area contributed by atoms with Gasteiger partial charge >= 0.3 is 5.63 Å². The van der Waals surface area contributed by atoms with Gasteiger partial charge in [0.25, 0.3) is 0 Å². The molecule has 0 radical (unpaired) electrons. The van der Waals surface area contributed by atoms with Gasteiger partial charge in [-0.05, 0) is 24.6 Å². The van der Waals surface area contributed by atoms with E-state index >= 15 is 0 Å². The first-order valence-corrected chi connectivity index (χ1v) is 4.81. The molecule has 0 aliphatic heterocycles. The molecule has 0 saturated heterocycles. The van der Waals surface area contributed by atoms with Crippen molar-refractivity contribution in [1.82, 2.24) is 0 Å². The van der Waals surface area contributed by atoms with E-state index in [0.717, 1.165) is 0 Å². The third kappa shape index (κ3) is 1.95. The first-order chi connectivity index (χ1) is 7.56. The van der Waals surface area contributed by atoms with Gasteiger partial charge in [0.2, 0.25) is 0 Å². The maximum absolute atomic E-state index is 11.1. The van der Waals surface area contributed by atoms with E-state index in [-0.39, 0.29) is 18.0 Å². The summed E-state index contributed by atoms with van der Waals surface area (Å²) >= 11 is 0. The van der Waals surface area contributed by atoms with E-state index in [9.17, 15) is 14.7 Å². The molecule has 0 unspecified atom stereocenters. The molecule has 1 N–H and O–H groups in total. The van der Waals surface area contributed by atoms with Crippen molar-refractivity contribution < 1.29 is 14.3 Å². The molecule has 2 rings (SSSR count). The molecular weight excluding hydrogens is 208 g/mol. The fraction of sp³-hybridized carbons (Fsp3) is 0.167. The Kier molecular flexibility index (Phi) is 2.48. The summed E-state index contributed by atoms with van der Waals surface area (Å²) in [6.45, 7) is 1.47. The molecule has 0 saturated carbocycles. The van der Waals surface area contributed by atoms with Crippen LogP contribution in [0.4, 0.5) is 0 Å². The number of ketones is 1. The fourth-order valence-corrected chi connectivity index (χ4v) is 1.65. The lowest BCUT2D eigenvalue weighted by atomic mass is 10.0. The van der Waals surface area contributed by atoms with Crippen molar-refractivity contribution in [3.63, 3.8) is 0 Å². The van der Waals surface area contributed by atoms with Crippen LogP contribution < -0.4 is 5.63 Å². The number of carbonyl (C=O) groups is 1. The molecule has 0 bridgehead atoms. The maximum Gasteiger partial charge on any atom is 0.336 e. The highest BCUT2D eigenvalue weighted by molar-refractivity contribution is 5.88. The van der Waals surface area contributed by atoms with Gasteiger partial charge in [0.05, 0.1) is 0 Å². The summed E-state index contributed by atoms with van der Waals surface area (Å²) in [5, 5.41) is 10.1. The van der Waals surface area contributed by atoms with Crippen LogP contribution in [0.25, 0.3) is 11.0 Å². The van der Waals surface area contributed by atoms with Crippen molar-refractivity contribution in [2.45, 2.75) is 13.3 Å². The molecular formula is C12H10O4. The van der Waals surface area contributed by atoms with E-state index in [2.05, 4.69) is 0 Å². The van der Waals surface area contributed by atoms with Crippen molar-refractivity contribution in [2.75, 3.05) is 0 Å². The van der Waals surface area contributed by atoms with Crippen LogP contribution in [0.3, 0.4) is 0 Å². The van der Waals surface area contributed by atoms with E-state index in [0.29, 0.717) is 16.5 Å². The van der Waals surface area contributed by atoms with Gasteiger partial charge < -0.3 is 9.52 Å². The maximum atomic E-state index is 11.1. The van der Waals surface area contributed by atoms with Crippen LogP contribution in [-0.2, 0) is 11.2 Å². The Morgan fingerprint density at radius 1 is 1.38 bits per heavy atom. The summed E-state index contributed by atoms with van der Waals surface area (Å²) in [4.78, 5) is 22.1. The smallest absolute Gasteiger partial charge is 0.336 e. The van der Waals surface area contributed by atoms with Crippen molar-refractivity contribution in [3.8, 4) is 5.75 Å². The highest BCUT2D eigenvalue weighted by atomic mass is 16.4. The normalized spacial score (nSPS) is 10.6. The number of Topliss-reactive ketones (excluding diaryl/α,β-unsaturated/α-hetero) is 1. The highest BCUT2D eigenvalue weighted by Gasteiger charge is 2.08. The van der Waals surface area contributed by atoms with Crippen molar-refractivity contribution >= 4 is 16.8 Å². The third-order valence-corrected chi connectivity index (χ3v) is 2.25. The van der Waals surface area contributed by atoms with Gasteiger partial charge in [0.15, 0.2) is 0 Å². The van der Waals surface area contributed by atoms with Crippen molar-refractivity contribution in [3.05, 3.63) is 40.2 Å². The largest absolute Gasteiger partial charge is 0.508 e. The minimum atomic E-state index is -0.480. The summed E-state index contributed by atoms with van der Waals surface area (Å²) in [6, 6.07) is 5.76. The highest BCUT2D eigenvalue weighted by Crippen LogP contribution is 2.24. The van der Waals surface area contributed by atoms with E-state index in [1.165, 1.54) is 25.1 Å². The van der Waals surface area contributed by atoms with Gasteiger partial charge in [-0.25, -0.2) is 4.79 Å². The number of rotatable bonds is 2. The lowest BCUT2D eigenvalue weighted by Gasteiger charge is -2.04. The molecule has 16 heavy (non-hydrogen) atoms. The number of benzene rings is 1. The molecule has 4 nitrogen and oxygen atoms in total. The molecule has 1 aromatic heterocycles. The number of hydrogen-bond donors (Lipinski definition) is 1. The van der Waals surface area contributed by atoms with Crippen molar-refractivity contribution in [2.24, 2.45) is 0 Å². The second kappa shape index (κ2) is 3.81. The monoisotopic (exact) mass is 218 g/mol. The molecule has 4 heteroatoms. The van der Waals surface area contributed by atoms with Crippen LogP contribution in [-0.4, -0.2) is 10.9 Å². The van der Waals surface area contributed by atoms with Crippen LogP contribution in [0, 0.1) is 0 Å². The molecule has 0 amide bonds. The number of phenolic OH excluding ortho intramolecular Hbond substituents is 1. The summed E-state index contributed by atoms with van der Waals surface area (Å²) in [5.74, 6) is -0.0313. The van der Waals surface area contributed by atoms with E-state index in [1.807, 2.05) is 0 Å². The summed E-state index contributed by atoms with van der Waals surface area (Å²) < 4.78 is 4.94. The molecule has 1 aromatic carbocycles. The van der Waals surface area contributed by atoms with Gasteiger partial charge in [-0.3, -0.25) is 4.79 Å². The molecule has 0 aliphatic rings. The van der Waals surface area contributed by atoms with Gasteiger partial charge in [0.1, 0.15) is 17.1 Å². The van der Waals surface area contributed by atoms with Gasteiger partial charge in [-0.1, -0.05) is 0 Å². The molecule has 1 heterocycles. The SMILES string of the molecule is CC(=O)Cc1cc(O)cc2oc(=O)ccc12. The van der Waals surface area contributed by atoms with E-state index in [1.54, 1.807) is 6.07 Å². The second-order valence-corrected chi connectivity index (χ2v) is 3.65. The Morgan fingerprint density at radius 3 is 2.81 bits per heavy atom. The lowest BCUT2D eigenvalue weighted by Crippen LogP contribution is -2.00. The number of aromatic hydroxyl groups is 1. The number of carbonyl (C=O) groups excluding carboxylic acids is 1. The number of phenols is 1. The van der Waals surface area contributed by atoms with Gasteiger partial charge in [-0.15, -0.1) is 0 Å². The Labute approximate surface area is 91.1 Å². The Morgan fingerprint density at radius 2 is 2.12 bits per heavy atom. The van der Waals surface area contributed by atoms with E-state index in [4.69, 9.17) is 4.42 Å². The predicted molar refractivity (Wildman–Crippen MR) is 58.5 cm³/mol. The van der Waals surface area contributed by atoms with Gasteiger partial charge in [0, 0.05) is 23.9 Å². The van der Waals surface area contributed by atoms with Crippen LogP contribution in [0.1, 0.15) is 12.5 Å². The predicted octanol–water partition coefficient (Wildman–Crippen LogP) is 1.63. The molecule has 82 valence electrons. The Bertz CT molecular complexity index is 610. The van der Waals surface area contributed by atoms with Crippen LogP contribution in [0.5, 0.6) is 5.75 Å². The average molecular weight is 218 g/mol. The van der Waals surface area contributed by atoms with Crippen LogP contribution in [0.15, 0.2) is 33.5 Å². The zero-order chi connectivity index (χ0) is 11.7. The Hall–Kier alpha value is -2.10. The average Bonchev–Trinajstić information content (AvgIpc) is 2.15. The van der Waals surface area contributed by atoms with Crippen LogP contribution in [0.2, 0.25) is 0 Å². The molecule has 0 spiro atoms. The first-order valence-electron chi connectivity index (χ1n) is 4.81. The zero-order valence-electron chi connectivity index (χ0n) is 8.69. The van der Waals surface area contributed by atoms with Crippen LogP contribution >= 0.6 is 0 Å². The minimum absolute atomic E-state index is 0.0156. The second-order valence-electron chi connectivity index (χ2n) is 3.65. The molecule has 2 aromatic rings. The fourth-order valence-electron chi connectivity index (χ4n) is 1.65. The van der Waals surface area contributed by atoms with Gasteiger partial charge in [-0.2, -0.15) is 0 Å². The number of hydrogen-bond acceptors (Lipinski definition) is 4. The molecule has 0 fully saturated rings. The standard InChI is InChI=1S/C12H10O4/c1-7(13)4-8-5-9(14)6-11-10(8)2-3-12(15)16-11/h2-3,5-6,14H,4H2,1H3. The quantitative estimate of drug-likeness (QED) is 0.778. The lowest BCUT2D eigenvalue weighted by molar-refractivity contribution is -0.116. The zero-order valence-corrected chi connectivity index (χ0v) is 8.69. The topological polar surface area (TPSA) is 67.5 Å². The Balaban J connectivity index is 2.72. The summed E-state index contributed by atoms with van der Waals surface area (Å²) in [6.07, 6.45) is 0.207. The van der Waals surface area contributed by atoms with Crippen molar-refractivity contribution in [1.29, 1.82) is 0 Å². The summed E-state index contributed by atoms with van der Waals surface area (Å²) in [7, 11) is 0. The molecule has 0 atom stereocenters. The molecule has 0 aliphatic carbocycles. The first kappa shape index (κ1) is 10.4. The summed E-state index contributed by atoms with van der Waals surface area (Å²) in [5.41, 5.74) is 0.474. The minimum Gasteiger partial charge on any atom is -0.508 e. The number of fused-ring (bicyclic) bond motifs is 1.